The first-order valence-electron chi connectivity index (χ1n) is 8.13. The number of nitrogens with zero attached hydrogens (tertiary/aromatic N) is 1. The number of fused-ring (bicyclic) bond motifs is 1. The van der Waals surface area contributed by atoms with Gasteiger partial charge in [-0.1, -0.05) is 18.2 Å². The maximum Gasteiger partial charge on any atom is 0.243 e. The molecule has 3 aromatic rings. The van der Waals surface area contributed by atoms with E-state index in [2.05, 4.69) is 5.32 Å². The SMILES string of the molecule is CC(=O)Nc1ccc(S(=O)(=O)N(C)[C@@H](C)c2cc3ccccc3o2)cc1. The van der Waals surface area contributed by atoms with Crippen LogP contribution in [-0.4, -0.2) is 25.7 Å². The summed E-state index contributed by atoms with van der Waals surface area (Å²) in [6.07, 6.45) is 0. The number of sulfonamides is 1. The molecule has 0 aliphatic heterocycles. The molecule has 1 atom stereocenters. The van der Waals surface area contributed by atoms with E-state index < -0.39 is 16.1 Å². The molecular weight excluding hydrogens is 352 g/mol. The molecule has 0 unspecified atom stereocenters. The highest BCUT2D eigenvalue weighted by Gasteiger charge is 2.28. The number of para-hydroxylation sites is 1. The first kappa shape index (κ1) is 18.2. The van der Waals surface area contributed by atoms with Crippen LogP contribution in [0.2, 0.25) is 0 Å². The Morgan fingerprint density at radius 3 is 2.38 bits per heavy atom. The van der Waals surface area contributed by atoms with Gasteiger partial charge in [-0.25, -0.2) is 8.42 Å². The molecule has 2 aromatic carbocycles. The van der Waals surface area contributed by atoms with Gasteiger partial charge in [0.05, 0.1) is 10.9 Å². The third kappa shape index (κ3) is 3.49. The van der Waals surface area contributed by atoms with Crippen LogP contribution in [0.15, 0.2) is 63.9 Å². The van der Waals surface area contributed by atoms with E-state index in [4.69, 9.17) is 4.42 Å². The second-order valence-electron chi connectivity index (χ2n) is 6.09. The number of benzene rings is 2. The molecule has 0 saturated heterocycles. The minimum atomic E-state index is -3.71. The highest BCUT2D eigenvalue weighted by Crippen LogP contribution is 2.30. The molecule has 6 nitrogen and oxygen atoms in total. The Morgan fingerprint density at radius 2 is 1.77 bits per heavy atom. The van der Waals surface area contributed by atoms with Crippen LogP contribution in [0.25, 0.3) is 11.0 Å². The van der Waals surface area contributed by atoms with Crippen molar-refractivity contribution in [3.8, 4) is 0 Å². The number of anilines is 1. The number of amides is 1. The van der Waals surface area contributed by atoms with Crippen LogP contribution in [0.3, 0.4) is 0 Å². The molecule has 0 aliphatic carbocycles. The highest BCUT2D eigenvalue weighted by molar-refractivity contribution is 7.89. The van der Waals surface area contributed by atoms with Gasteiger partial charge in [0.25, 0.3) is 0 Å². The van der Waals surface area contributed by atoms with E-state index in [0.717, 1.165) is 11.0 Å². The summed E-state index contributed by atoms with van der Waals surface area (Å²) in [5.74, 6) is 0.364. The smallest absolute Gasteiger partial charge is 0.243 e. The van der Waals surface area contributed by atoms with Crippen LogP contribution >= 0.6 is 0 Å². The van der Waals surface area contributed by atoms with Crippen LogP contribution in [0.4, 0.5) is 5.69 Å². The fourth-order valence-corrected chi connectivity index (χ4v) is 4.01. The molecular formula is C19H20N2O4S. The monoisotopic (exact) mass is 372 g/mol. The molecule has 7 heteroatoms. The van der Waals surface area contributed by atoms with Crippen molar-refractivity contribution in [1.29, 1.82) is 0 Å². The Labute approximate surface area is 152 Å². The number of hydrogen-bond donors (Lipinski definition) is 1. The van der Waals surface area contributed by atoms with E-state index in [0.29, 0.717) is 11.4 Å². The topological polar surface area (TPSA) is 79.6 Å². The van der Waals surface area contributed by atoms with Gasteiger partial charge in [0, 0.05) is 25.0 Å². The Balaban J connectivity index is 1.86. The molecule has 1 N–H and O–H groups in total. The van der Waals surface area contributed by atoms with Crippen LogP contribution in [0, 0.1) is 0 Å². The molecule has 136 valence electrons. The van der Waals surface area contributed by atoms with Crippen molar-refractivity contribution in [1.82, 2.24) is 4.31 Å². The minimum Gasteiger partial charge on any atom is -0.459 e. The first-order valence-corrected chi connectivity index (χ1v) is 9.57. The molecule has 3 rings (SSSR count). The average Bonchev–Trinajstić information content (AvgIpc) is 3.04. The summed E-state index contributed by atoms with van der Waals surface area (Å²) >= 11 is 0. The van der Waals surface area contributed by atoms with E-state index in [1.165, 1.54) is 30.4 Å². The number of rotatable bonds is 5. The molecule has 0 fully saturated rings. The van der Waals surface area contributed by atoms with Crippen molar-refractivity contribution < 1.29 is 17.6 Å². The van der Waals surface area contributed by atoms with Gasteiger partial charge in [0.2, 0.25) is 15.9 Å². The lowest BCUT2D eigenvalue weighted by molar-refractivity contribution is -0.114. The van der Waals surface area contributed by atoms with Gasteiger partial charge in [0.15, 0.2) is 0 Å². The maximum atomic E-state index is 12.9. The third-order valence-corrected chi connectivity index (χ3v) is 6.20. The highest BCUT2D eigenvalue weighted by atomic mass is 32.2. The summed E-state index contributed by atoms with van der Waals surface area (Å²) in [6, 6.07) is 15.0. The third-order valence-electron chi connectivity index (χ3n) is 4.25. The van der Waals surface area contributed by atoms with Crippen molar-refractivity contribution in [3.05, 3.63) is 60.4 Å². The van der Waals surface area contributed by atoms with E-state index in [9.17, 15) is 13.2 Å². The van der Waals surface area contributed by atoms with E-state index in [-0.39, 0.29) is 10.8 Å². The summed E-state index contributed by atoms with van der Waals surface area (Å²) in [7, 11) is -2.19. The largest absolute Gasteiger partial charge is 0.459 e. The van der Waals surface area contributed by atoms with Gasteiger partial charge in [-0.05, 0) is 43.3 Å². The summed E-state index contributed by atoms with van der Waals surface area (Å²) in [4.78, 5) is 11.2. The fourth-order valence-electron chi connectivity index (χ4n) is 2.68. The second-order valence-corrected chi connectivity index (χ2v) is 8.09. The molecule has 26 heavy (non-hydrogen) atoms. The van der Waals surface area contributed by atoms with Gasteiger partial charge < -0.3 is 9.73 Å². The van der Waals surface area contributed by atoms with E-state index in [1.807, 2.05) is 30.3 Å². The van der Waals surface area contributed by atoms with Crippen molar-refractivity contribution in [3.63, 3.8) is 0 Å². The van der Waals surface area contributed by atoms with Crippen molar-refractivity contribution in [2.45, 2.75) is 24.8 Å². The fraction of sp³-hybridized carbons (Fsp3) is 0.211. The van der Waals surface area contributed by atoms with Crippen molar-refractivity contribution in [2.75, 3.05) is 12.4 Å². The number of hydrogen-bond acceptors (Lipinski definition) is 4. The summed E-state index contributed by atoms with van der Waals surface area (Å²) in [6.45, 7) is 3.17. The molecule has 1 amide bonds. The predicted octanol–water partition coefficient (Wildman–Crippen LogP) is 3.77. The van der Waals surface area contributed by atoms with Gasteiger partial charge in [-0.15, -0.1) is 0 Å². The Kier molecular flexibility index (Phi) is 4.84. The summed E-state index contributed by atoms with van der Waals surface area (Å²) in [5, 5.41) is 3.54. The molecule has 0 radical (unpaired) electrons. The predicted molar refractivity (Wildman–Crippen MR) is 100 cm³/mol. The maximum absolute atomic E-state index is 12.9. The zero-order chi connectivity index (χ0) is 18.9. The molecule has 0 aliphatic rings. The normalized spacial score (nSPS) is 13.1. The Bertz CT molecular complexity index is 1010. The van der Waals surface area contributed by atoms with Crippen LogP contribution in [0.5, 0.6) is 0 Å². The standard InChI is InChI=1S/C19H20N2O4S/c1-13(19-12-15-6-4-5-7-18(15)25-19)21(3)26(23,24)17-10-8-16(9-11-17)20-14(2)22/h4-13H,1-3H3,(H,20,22)/t13-/m0/s1. The molecule has 0 spiro atoms. The number of furan rings is 1. The van der Waals surface area contributed by atoms with Gasteiger partial charge in [-0.2, -0.15) is 4.31 Å². The molecule has 0 saturated carbocycles. The van der Waals surface area contributed by atoms with Crippen molar-refractivity contribution in [2.24, 2.45) is 0 Å². The first-order chi connectivity index (χ1) is 12.3. The van der Waals surface area contributed by atoms with E-state index >= 15 is 0 Å². The number of nitrogens with one attached hydrogen (secondary N) is 1. The quantitative estimate of drug-likeness (QED) is 0.739. The lowest BCUT2D eigenvalue weighted by atomic mass is 10.2. The van der Waals surface area contributed by atoms with Gasteiger partial charge >= 0.3 is 0 Å². The second kappa shape index (κ2) is 6.93. The molecule has 0 bridgehead atoms. The number of carbonyl (C=O) groups excluding carboxylic acids is 1. The zero-order valence-electron chi connectivity index (χ0n) is 14.8. The van der Waals surface area contributed by atoms with Crippen molar-refractivity contribution >= 4 is 32.6 Å². The Morgan fingerprint density at radius 1 is 1.12 bits per heavy atom. The van der Waals surface area contributed by atoms with Gasteiger partial charge in [-0.3, -0.25) is 4.79 Å². The summed E-state index contributed by atoms with van der Waals surface area (Å²) in [5.41, 5.74) is 1.27. The minimum absolute atomic E-state index is 0.150. The average molecular weight is 372 g/mol. The lowest BCUT2D eigenvalue weighted by Gasteiger charge is -2.22. The Hall–Kier alpha value is -2.64. The van der Waals surface area contributed by atoms with Crippen LogP contribution in [-0.2, 0) is 14.8 Å². The van der Waals surface area contributed by atoms with E-state index in [1.54, 1.807) is 19.1 Å². The van der Waals surface area contributed by atoms with Crippen LogP contribution in [0.1, 0.15) is 25.6 Å². The summed E-state index contributed by atoms with van der Waals surface area (Å²) < 4.78 is 32.9. The van der Waals surface area contributed by atoms with Crippen LogP contribution < -0.4 is 5.32 Å². The zero-order valence-corrected chi connectivity index (χ0v) is 15.6. The lowest BCUT2D eigenvalue weighted by Crippen LogP contribution is -2.29. The van der Waals surface area contributed by atoms with Gasteiger partial charge in [0.1, 0.15) is 11.3 Å². The number of carbonyl (C=O) groups is 1. The molecule has 1 heterocycles. The molecule has 1 aromatic heterocycles.